The van der Waals surface area contributed by atoms with Crippen LogP contribution in [0.25, 0.3) is 0 Å². The van der Waals surface area contributed by atoms with Gasteiger partial charge < -0.3 is 5.11 Å². The van der Waals surface area contributed by atoms with Crippen molar-refractivity contribution in [2.45, 2.75) is 50.9 Å². The molecular weight excluding hydrogens is 192 g/mol. The second-order valence-corrected chi connectivity index (χ2v) is 17.3. The molecular formula is C10H24OSi2. The molecule has 0 aromatic heterocycles. The van der Waals surface area contributed by atoms with E-state index in [1.54, 1.807) is 0 Å². The molecule has 0 aromatic carbocycles. The van der Waals surface area contributed by atoms with E-state index in [0.29, 0.717) is 0 Å². The van der Waals surface area contributed by atoms with Gasteiger partial charge in [-0.05, 0) is 11.6 Å². The Kier molecular flexibility index (Phi) is 4.45. The lowest BCUT2D eigenvalue weighted by molar-refractivity contribution is 0.471. The van der Waals surface area contributed by atoms with E-state index in [1.165, 1.54) is 6.26 Å². The highest BCUT2D eigenvalue weighted by molar-refractivity contribution is 6.96. The zero-order chi connectivity index (χ0) is 10.7. The Morgan fingerprint density at radius 1 is 1.00 bits per heavy atom. The summed E-state index contributed by atoms with van der Waals surface area (Å²) < 4.78 is 0. The Bertz CT molecular complexity index is 160. The largest absolute Gasteiger partial charge is 0.516 e. The lowest BCUT2D eigenvalue weighted by Gasteiger charge is -2.37. The molecule has 1 nitrogen and oxygen atoms in total. The molecule has 0 saturated heterocycles. The molecule has 0 atom stereocenters. The van der Waals surface area contributed by atoms with Crippen molar-refractivity contribution in [3.8, 4) is 0 Å². The molecule has 0 radical (unpaired) electrons. The molecule has 0 spiro atoms. The van der Waals surface area contributed by atoms with Crippen LogP contribution in [-0.2, 0) is 0 Å². The highest BCUT2D eigenvalue weighted by Gasteiger charge is 2.36. The smallest absolute Gasteiger partial charge is 0.0751 e. The van der Waals surface area contributed by atoms with Crippen LogP contribution in [0.5, 0.6) is 0 Å². The molecule has 0 heterocycles. The molecule has 0 unspecified atom stereocenters. The van der Waals surface area contributed by atoms with E-state index in [-0.39, 0.29) is 0 Å². The van der Waals surface area contributed by atoms with Gasteiger partial charge in [0.2, 0.25) is 0 Å². The van der Waals surface area contributed by atoms with Crippen molar-refractivity contribution in [1.29, 1.82) is 0 Å². The summed E-state index contributed by atoms with van der Waals surface area (Å²) in [5.74, 6) is 0. The van der Waals surface area contributed by atoms with Gasteiger partial charge in [0, 0.05) is 16.1 Å². The molecule has 0 fully saturated rings. The third-order valence-electron chi connectivity index (χ3n) is 2.57. The Morgan fingerprint density at radius 2 is 1.38 bits per heavy atom. The first-order valence-corrected chi connectivity index (χ1v) is 12.1. The van der Waals surface area contributed by atoms with Crippen molar-refractivity contribution in [2.75, 3.05) is 0 Å². The van der Waals surface area contributed by atoms with Gasteiger partial charge in [-0.25, -0.2) is 0 Å². The second kappa shape index (κ2) is 4.46. The van der Waals surface area contributed by atoms with Crippen molar-refractivity contribution in [3.63, 3.8) is 0 Å². The Labute approximate surface area is 84.9 Å². The van der Waals surface area contributed by atoms with Crippen LogP contribution in [0.4, 0.5) is 0 Å². The number of aliphatic hydroxyl groups is 1. The Balaban J connectivity index is 4.57. The van der Waals surface area contributed by atoms with E-state index in [9.17, 15) is 0 Å². The number of allylic oxidation sites excluding steroid dienone is 1. The molecule has 0 aliphatic heterocycles. The minimum absolute atomic E-state index is 0.864. The zero-order valence-corrected chi connectivity index (χ0v) is 11.9. The normalized spacial score (nSPS) is 14.4. The Hall–Kier alpha value is -0.0262. The Morgan fingerprint density at radius 3 is 1.62 bits per heavy atom. The average molecular weight is 216 g/mol. The van der Waals surface area contributed by atoms with Crippen molar-refractivity contribution in [2.24, 2.45) is 0 Å². The van der Waals surface area contributed by atoms with E-state index < -0.39 is 16.1 Å². The van der Waals surface area contributed by atoms with E-state index in [0.717, 1.165) is 11.6 Å². The van der Waals surface area contributed by atoms with E-state index >= 15 is 0 Å². The van der Waals surface area contributed by atoms with Gasteiger partial charge in [0.05, 0.1) is 6.26 Å². The molecule has 78 valence electrons. The maximum Gasteiger partial charge on any atom is 0.0751 e. The second-order valence-electron chi connectivity index (χ2n) is 5.91. The van der Waals surface area contributed by atoms with Gasteiger partial charge in [-0.2, -0.15) is 0 Å². The van der Waals surface area contributed by atoms with E-state index in [1.807, 2.05) is 6.08 Å². The fraction of sp³-hybridized carbons (Fsp3) is 0.800. The van der Waals surface area contributed by atoms with Crippen molar-refractivity contribution in [3.05, 3.63) is 12.3 Å². The van der Waals surface area contributed by atoms with Crippen molar-refractivity contribution in [1.82, 2.24) is 0 Å². The summed E-state index contributed by atoms with van der Waals surface area (Å²) in [5, 5.41) is 9.56. The first-order chi connectivity index (χ1) is 5.69. The zero-order valence-electron chi connectivity index (χ0n) is 9.89. The van der Waals surface area contributed by atoms with Gasteiger partial charge in [0.25, 0.3) is 0 Å². The summed E-state index contributed by atoms with van der Waals surface area (Å²) in [7, 11) is -2.12. The van der Waals surface area contributed by atoms with Crippen LogP contribution in [-0.4, -0.2) is 21.3 Å². The SMILES string of the molecule is C[Si](C)(C)C(CC=CO)[Si](C)(C)C. The quantitative estimate of drug-likeness (QED) is 0.555. The minimum atomic E-state index is -1.06. The molecule has 0 aromatic rings. The van der Waals surface area contributed by atoms with Gasteiger partial charge in [0.1, 0.15) is 0 Å². The standard InChI is InChI=1S/C10H24OSi2/c1-12(2,3)10(8-7-9-11)13(4,5)6/h7,9-11H,8H2,1-6H3. The third-order valence-corrected chi connectivity index (χ3v) is 12.4. The maximum absolute atomic E-state index is 8.70. The van der Waals surface area contributed by atoms with Gasteiger partial charge >= 0.3 is 0 Å². The van der Waals surface area contributed by atoms with Crippen LogP contribution >= 0.6 is 0 Å². The lowest BCUT2D eigenvalue weighted by atomic mass is 10.5. The van der Waals surface area contributed by atoms with E-state index in [2.05, 4.69) is 39.3 Å². The molecule has 0 rings (SSSR count). The molecule has 1 N–H and O–H groups in total. The summed E-state index contributed by atoms with van der Waals surface area (Å²) in [5.41, 5.74) is 0. The van der Waals surface area contributed by atoms with Crippen LogP contribution in [0.2, 0.25) is 44.4 Å². The number of hydrogen-bond acceptors (Lipinski definition) is 1. The monoisotopic (exact) mass is 216 g/mol. The van der Waals surface area contributed by atoms with Crippen LogP contribution in [0.1, 0.15) is 6.42 Å². The van der Waals surface area contributed by atoms with E-state index in [4.69, 9.17) is 5.11 Å². The van der Waals surface area contributed by atoms with Crippen LogP contribution in [0, 0.1) is 0 Å². The summed E-state index contributed by atoms with van der Waals surface area (Å²) in [4.78, 5) is 0. The van der Waals surface area contributed by atoms with Gasteiger partial charge in [-0.15, -0.1) is 0 Å². The summed E-state index contributed by atoms with van der Waals surface area (Å²) in [6.07, 6.45) is 4.19. The molecule has 0 amide bonds. The molecule has 13 heavy (non-hydrogen) atoms. The lowest BCUT2D eigenvalue weighted by Crippen LogP contribution is -2.43. The number of hydrogen-bond donors (Lipinski definition) is 1. The fourth-order valence-corrected chi connectivity index (χ4v) is 14.3. The first kappa shape index (κ1) is 13.0. The molecule has 3 heteroatoms. The highest BCUT2D eigenvalue weighted by Crippen LogP contribution is 2.35. The number of rotatable bonds is 4. The van der Waals surface area contributed by atoms with Crippen LogP contribution < -0.4 is 0 Å². The predicted octanol–water partition coefficient (Wildman–Crippen LogP) is 4.03. The van der Waals surface area contributed by atoms with Gasteiger partial charge in [0.15, 0.2) is 0 Å². The van der Waals surface area contributed by atoms with Crippen molar-refractivity contribution >= 4 is 16.1 Å². The summed E-state index contributed by atoms with van der Waals surface area (Å²) in [6, 6.07) is 0. The summed E-state index contributed by atoms with van der Waals surface area (Å²) >= 11 is 0. The van der Waals surface area contributed by atoms with Crippen LogP contribution in [0.15, 0.2) is 12.3 Å². The van der Waals surface area contributed by atoms with Crippen molar-refractivity contribution < 1.29 is 5.11 Å². The third kappa shape index (κ3) is 4.67. The van der Waals surface area contributed by atoms with Gasteiger partial charge in [-0.1, -0.05) is 45.4 Å². The predicted molar refractivity (Wildman–Crippen MR) is 66.8 cm³/mol. The molecule has 0 bridgehead atoms. The topological polar surface area (TPSA) is 20.2 Å². The molecule has 0 saturated carbocycles. The molecule has 0 aliphatic carbocycles. The van der Waals surface area contributed by atoms with Gasteiger partial charge in [-0.3, -0.25) is 0 Å². The minimum Gasteiger partial charge on any atom is -0.516 e. The first-order valence-electron chi connectivity index (χ1n) is 4.99. The molecule has 0 aliphatic rings. The summed E-state index contributed by atoms with van der Waals surface area (Å²) in [6.45, 7) is 14.6. The highest BCUT2D eigenvalue weighted by atomic mass is 28.4. The van der Waals surface area contributed by atoms with Crippen LogP contribution in [0.3, 0.4) is 0 Å². The average Bonchev–Trinajstić information content (AvgIpc) is 1.81. The maximum atomic E-state index is 8.70. The number of aliphatic hydroxyl groups excluding tert-OH is 1. The fourth-order valence-electron chi connectivity index (χ4n) is 2.20.